The third-order valence-corrected chi connectivity index (χ3v) is 4.56. The Balaban J connectivity index is 1.67. The van der Waals surface area contributed by atoms with Gasteiger partial charge in [-0.25, -0.2) is 9.59 Å². The van der Waals surface area contributed by atoms with Gasteiger partial charge < -0.3 is 19.3 Å². The topological polar surface area (TPSA) is 107 Å². The molecule has 3 heterocycles. The fourth-order valence-electron chi connectivity index (χ4n) is 3.16. The van der Waals surface area contributed by atoms with Crippen LogP contribution in [0.25, 0.3) is 0 Å². The zero-order valence-corrected chi connectivity index (χ0v) is 14.9. The van der Waals surface area contributed by atoms with Crippen LogP contribution in [0, 0.1) is 0 Å². The molecule has 1 aromatic heterocycles. The van der Waals surface area contributed by atoms with Gasteiger partial charge in [-0.3, -0.25) is 4.90 Å². The molecule has 0 spiro atoms. The molecule has 9 nitrogen and oxygen atoms in total. The number of aryl methyl sites for hydroxylation is 1. The van der Waals surface area contributed by atoms with Crippen molar-refractivity contribution in [3.63, 3.8) is 0 Å². The Morgan fingerprint density at radius 3 is 2.74 bits per heavy atom. The average Bonchev–Trinajstić information content (AvgIpc) is 3.30. The van der Waals surface area contributed by atoms with Crippen molar-refractivity contribution in [2.75, 3.05) is 13.7 Å². The van der Waals surface area contributed by atoms with E-state index in [4.69, 9.17) is 14.0 Å². The molecular formula is C18H18N4O5. The molecule has 0 bridgehead atoms. The molecule has 27 heavy (non-hydrogen) atoms. The van der Waals surface area contributed by atoms with Gasteiger partial charge >= 0.3 is 12.0 Å². The van der Waals surface area contributed by atoms with Gasteiger partial charge in [0.25, 0.3) is 0 Å². The van der Waals surface area contributed by atoms with E-state index in [1.54, 1.807) is 19.2 Å². The number of hydrogen-bond donors (Lipinski definition) is 1. The van der Waals surface area contributed by atoms with Crippen LogP contribution in [0.5, 0.6) is 5.75 Å². The predicted octanol–water partition coefficient (Wildman–Crippen LogP) is 1.72. The van der Waals surface area contributed by atoms with Crippen molar-refractivity contribution in [3.05, 3.63) is 52.8 Å². The fraction of sp³-hybridized carbons (Fsp3) is 0.333. The molecule has 0 radical (unpaired) electrons. The molecule has 1 aromatic carbocycles. The minimum atomic E-state index is -0.582. The van der Waals surface area contributed by atoms with Gasteiger partial charge in [0, 0.05) is 6.42 Å². The third-order valence-electron chi connectivity index (χ3n) is 4.56. The van der Waals surface area contributed by atoms with Gasteiger partial charge in [0.05, 0.1) is 31.0 Å². The highest BCUT2D eigenvalue weighted by Crippen LogP contribution is 2.36. The van der Waals surface area contributed by atoms with E-state index in [1.807, 2.05) is 19.1 Å². The number of nitrogens with zero attached hydrogens (tertiary/aromatic N) is 3. The van der Waals surface area contributed by atoms with E-state index in [1.165, 1.54) is 4.90 Å². The number of urea groups is 1. The normalized spacial score (nSPS) is 19.0. The minimum absolute atomic E-state index is 0.0345. The van der Waals surface area contributed by atoms with E-state index in [0.717, 1.165) is 5.56 Å². The number of carbonyl (C=O) groups is 2. The largest absolute Gasteiger partial charge is 0.497 e. The molecule has 0 saturated heterocycles. The number of cyclic esters (lactones) is 1. The zero-order valence-electron chi connectivity index (χ0n) is 14.9. The maximum absolute atomic E-state index is 12.7. The van der Waals surface area contributed by atoms with Crippen molar-refractivity contribution in [3.8, 4) is 5.75 Å². The summed E-state index contributed by atoms with van der Waals surface area (Å²) in [6.07, 6.45) is 0.605. The number of aromatic nitrogens is 2. The zero-order chi connectivity index (χ0) is 19.0. The molecule has 4 rings (SSSR count). The number of ether oxygens (including phenoxy) is 2. The number of amides is 2. The monoisotopic (exact) mass is 370 g/mol. The molecule has 140 valence electrons. The Bertz CT molecular complexity index is 918. The first-order chi connectivity index (χ1) is 13.1. The van der Waals surface area contributed by atoms with Crippen molar-refractivity contribution in [2.24, 2.45) is 0 Å². The highest BCUT2D eigenvalue weighted by atomic mass is 16.5. The molecule has 9 heteroatoms. The van der Waals surface area contributed by atoms with Crippen molar-refractivity contribution < 1.29 is 23.6 Å². The van der Waals surface area contributed by atoms with Crippen molar-refractivity contribution in [1.29, 1.82) is 0 Å². The van der Waals surface area contributed by atoms with E-state index < -0.39 is 12.0 Å². The lowest BCUT2D eigenvalue weighted by atomic mass is 9.95. The maximum Gasteiger partial charge on any atom is 0.338 e. The third kappa shape index (κ3) is 3.01. The summed E-state index contributed by atoms with van der Waals surface area (Å²) < 4.78 is 15.5. The van der Waals surface area contributed by atoms with Crippen LogP contribution in [-0.4, -0.2) is 40.8 Å². The van der Waals surface area contributed by atoms with E-state index in [2.05, 4.69) is 15.5 Å². The number of carbonyl (C=O) groups excluding carboxylic acids is 2. The average molecular weight is 370 g/mol. The van der Waals surface area contributed by atoms with E-state index in [9.17, 15) is 9.59 Å². The standard InChI is InChI=1S/C18H18N4O5/c1-3-14-19-13(21-27-14)8-22-12-9-26-17(23)15(12)16(20-18(22)24)10-4-6-11(25-2)7-5-10/h4-7,16H,3,8-9H2,1-2H3,(H,20,24)/t16-/m0/s1. The molecule has 2 amide bonds. The van der Waals surface area contributed by atoms with Crippen LogP contribution in [-0.2, 0) is 22.5 Å². The summed E-state index contributed by atoms with van der Waals surface area (Å²) in [5.74, 6) is 1.11. The molecule has 2 aliphatic rings. The number of nitrogens with one attached hydrogen (secondary N) is 1. The highest BCUT2D eigenvalue weighted by Gasteiger charge is 2.42. The van der Waals surface area contributed by atoms with E-state index in [0.29, 0.717) is 35.2 Å². The Hall–Kier alpha value is -3.36. The lowest BCUT2D eigenvalue weighted by Crippen LogP contribution is -2.47. The van der Waals surface area contributed by atoms with Gasteiger partial charge in [-0.15, -0.1) is 0 Å². The second-order valence-corrected chi connectivity index (χ2v) is 6.14. The summed E-state index contributed by atoms with van der Waals surface area (Å²) in [5.41, 5.74) is 1.70. The van der Waals surface area contributed by atoms with Crippen LogP contribution < -0.4 is 10.1 Å². The molecule has 0 saturated carbocycles. The lowest BCUT2D eigenvalue weighted by molar-refractivity contribution is -0.136. The van der Waals surface area contributed by atoms with Gasteiger partial charge in [0.1, 0.15) is 12.4 Å². The molecule has 2 aromatic rings. The number of benzene rings is 1. The number of methoxy groups -OCH3 is 1. The van der Waals surface area contributed by atoms with Gasteiger partial charge in [-0.05, 0) is 17.7 Å². The minimum Gasteiger partial charge on any atom is -0.497 e. The molecule has 1 N–H and O–H groups in total. The molecule has 1 atom stereocenters. The SMILES string of the molecule is CCc1nc(CN2C(=O)N[C@@H](c3ccc(OC)cc3)C3=C2COC3=O)no1. The van der Waals surface area contributed by atoms with Crippen LogP contribution >= 0.6 is 0 Å². The Kier molecular flexibility index (Phi) is 4.27. The number of esters is 1. The predicted molar refractivity (Wildman–Crippen MR) is 91.5 cm³/mol. The molecule has 2 aliphatic heterocycles. The summed E-state index contributed by atoms with van der Waals surface area (Å²) in [5, 5.41) is 6.74. The summed E-state index contributed by atoms with van der Waals surface area (Å²) in [6, 6.07) is 6.24. The van der Waals surface area contributed by atoms with Gasteiger partial charge in [-0.1, -0.05) is 24.2 Å². The summed E-state index contributed by atoms with van der Waals surface area (Å²) in [7, 11) is 1.58. The smallest absolute Gasteiger partial charge is 0.338 e. The van der Waals surface area contributed by atoms with Crippen molar-refractivity contribution >= 4 is 12.0 Å². The van der Waals surface area contributed by atoms with E-state index >= 15 is 0 Å². The summed E-state index contributed by atoms with van der Waals surface area (Å²) in [6.45, 7) is 2.03. The van der Waals surface area contributed by atoms with Crippen molar-refractivity contribution in [2.45, 2.75) is 25.9 Å². The van der Waals surface area contributed by atoms with Crippen LogP contribution in [0.1, 0.15) is 30.2 Å². The first kappa shape index (κ1) is 17.1. The van der Waals surface area contributed by atoms with Crippen molar-refractivity contribution in [1.82, 2.24) is 20.4 Å². The first-order valence-corrected chi connectivity index (χ1v) is 8.54. The van der Waals surface area contributed by atoms with Crippen LogP contribution in [0.2, 0.25) is 0 Å². The molecular weight excluding hydrogens is 352 g/mol. The Labute approximate surface area is 154 Å². The number of rotatable bonds is 5. The second kappa shape index (κ2) is 6.75. The number of hydrogen-bond acceptors (Lipinski definition) is 7. The highest BCUT2D eigenvalue weighted by molar-refractivity contribution is 5.97. The first-order valence-electron chi connectivity index (χ1n) is 8.54. The molecule has 0 unspecified atom stereocenters. The Morgan fingerprint density at radius 1 is 1.30 bits per heavy atom. The van der Waals surface area contributed by atoms with E-state index in [-0.39, 0.29) is 19.2 Å². The van der Waals surface area contributed by atoms with Gasteiger partial charge in [-0.2, -0.15) is 4.98 Å². The fourth-order valence-corrected chi connectivity index (χ4v) is 3.16. The molecule has 0 aliphatic carbocycles. The lowest BCUT2D eigenvalue weighted by Gasteiger charge is -2.32. The summed E-state index contributed by atoms with van der Waals surface area (Å²) >= 11 is 0. The van der Waals surface area contributed by atoms with Crippen LogP contribution in [0.3, 0.4) is 0 Å². The summed E-state index contributed by atoms with van der Waals surface area (Å²) in [4.78, 5) is 30.7. The van der Waals surface area contributed by atoms with Gasteiger partial charge in [0.2, 0.25) is 5.89 Å². The van der Waals surface area contributed by atoms with Crippen LogP contribution in [0.15, 0.2) is 40.1 Å². The van der Waals surface area contributed by atoms with Gasteiger partial charge in [0.15, 0.2) is 5.82 Å². The maximum atomic E-state index is 12.7. The quantitative estimate of drug-likeness (QED) is 0.799. The van der Waals surface area contributed by atoms with Crippen LogP contribution in [0.4, 0.5) is 4.79 Å². The Morgan fingerprint density at radius 2 is 2.07 bits per heavy atom. The second-order valence-electron chi connectivity index (χ2n) is 6.14. The molecule has 0 fully saturated rings.